The Balaban J connectivity index is 4.43. The van der Waals surface area contributed by atoms with Gasteiger partial charge in [-0.05, 0) is 0 Å². The SMILES string of the molecule is CCCCC[CH2][Sn]([CH2]CCC)([CH2]CCC)[CH2]CCCCC. The van der Waals surface area contributed by atoms with Crippen molar-refractivity contribution in [2.75, 3.05) is 0 Å². The zero-order chi connectivity index (χ0) is 15.8. The van der Waals surface area contributed by atoms with Crippen LogP contribution in [-0.4, -0.2) is 18.4 Å². The van der Waals surface area contributed by atoms with Gasteiger partial charge in [0.15, 0.2) is 0 Å². The summed E-state index contributed by atoms with van der Waals surface area (Å²) in [6.07, 6.45) is 17.8. The van der Waals surface area contributed by atoms with Crippen molar-refractivity contribution in [2.24, 2.45) is 0 Å². The summed E-state index contributed by atoms with van der Waals surface area (Å²) in [5.41, 5.74) is 0. The van der Waals surface area contributed by atoms with Crippen LogP contribution in [0, 0.1) is 0 Å². The molecule has 0 spiro atoms. The van der Waals surface area contributed by atoms with Crippen molar-refractivity contribution in [3.63, 3.8) is 0 Å². The van der Waals surface area contributed by atoms with Crippen molar-refractivity contribution < 1.29 is 0 Å². The first-order chi connectivity index (χ1) is 10.2. The zero-order valence-corrected chi connectivity index (χ0v) is 18.7. The average molecular weight is 403 g/mol. The third-order valence-electron chi connectivity index (χ3n) is 5.24. The normalized spacial score (nSPS) is 12.0. The molecule has 128 valence electrons. The maximum atomic E-state index is 2.39. The van der Waals surface area contributed by atoms with Gasteiger partial charge in [0.25, 0.3) is 0 Å². The van der Waals surface area contributed by atoms with Crippen LogP contribution in [0.4, 0.5) is 0 Å². The van der Waals surface area contributed by atoms with Crippen LogP contribution in [0.15, 0.2) is 0 Å². The van der Waals surface area contributed by atoms with Gasteiger partial charge in [0.2, 0.25) is 0 Å². The molecule has 0 aromatic heterocycles. The van der Waals surface area contributed by atoms with E-state index in [1.807, 2.05) is 0 Å². The van der Waals surface area contributed by atoms with E-state index in [1.165, 1.54) is 51.4 Å². The van der Waals surface area contributed by atoms with Crippen LogP contribution >= 0.6 is 0 Å². The topological polar surface area (TPSA) is 0 Å². The van der Waals surface area contributed by atoms with Gasteiger partial charge in [-0.3, -0.25) is 0 Å². The monoisotopic (exact) mass is 404 g/mol. The van der Waals surface area contributed by atoms with E-state index in [-0.39, 0.29) is 0 Å². The minimum absolute atomic E-state index is 1.39. The summed E-state index contributed by atoms with van der Waals surface area (Å²) in [6, 6.07) is 0. The van der Waals surface area contributed by atoms with Gasteiger partial charge >= 0.3 is 141 Å². The van der Waals surface area contributed by atoms with Crippen molar-refractivity contribution in [1.29, 1.82) is 0 Å². The molecule has 0 rings (SSSR count). The van der Waals surface area contributed by atoms with Crippen LogP contribution in [0.3, 0.4) is 0 Å². The van der Waals surface area contributed by atoms with Crippen LogP contribution < -0.4 is 0 Å². The molecule has 0 aliphatic carbocycles. The number of unbranched alkanes of at least 4 members (excludes halogenated alkanes) is 8. The molecule has 0 aromatic carbocycles. The third-order valence-corrected chi connectivity index (χ3v) is 21.4. The molecule has 0 unspecified atom stereocenters. The molecule has 0 fully saturated rings. The van der Waals surface area contributed by atoms with E-state index in [2.05, 4.69) is 27.7 Å². The van der Waals surface area contributed by atoms with Gasteiger partial charge in [0, 0.05) is 0 Å². The number of hydrogen-bond donors (Lipinski definition) is 0. The first kappa shape index (κ1) is 21.8. The summed E-state index contributed by atoms with van der Waals surface area (Å²) in [6.45, 7) is 9.47. The second-order valence-corrected chi connectivity index (χ2v) is 21.6. The Labute approximate surface area is 140 Å². The van der Waals surface area contributed by atoms with E-state index in [0.29, 0.717) is 0 Å². The van der Waals surface area contributed by atoms with E-state index in [9.17, 15) is 0 Å². The summed E-state index contributed by atoms with van der Waals surface area (Å²) in [4.78, 5) is 0. The fourth-order valence-electron chi connectivity index (χ4n) is 3.71. The van der Waals surface area contributed by atoms with Gasteiger partial charge in [0.1, 0.15) is 0 Å². The Morgan fingerprint density at radius 1 is 0.381 bits per heavy atom. The summed E-state index contributed by atoms with van der Waals surface area (Å²) >= 11 is -1.78. The Bertz CT molecular complexity index is 178. The molecule has 0 saturated carbocycles. The average Bonchev–Trinajstić information content (AvgIpc) is 2.51. The number of rotatable bonds is 16. The molecule has 0 heterocycles. The molecular weight excluding hydrogens is 359 g/mol. The zero-order valence-electron chi connectivity index (χ0n) is 15.8. The Hall–Kier alpha value is 0.799. The molecule has 0 radical (unpaired) electrons. The van der Waals surface area contributed by atoms with E-state index in [1.54, 1.807) is 43.4 Å². The predicted octanol–water partition coefficient (Wildman–Crippen LogP) is 8.20. The molecule has 0 aliphatic heterocycles. The van der Waals surface area contributed by atoms with Crippen LogP contribution in [0.2, 0.25) is 17.7 Å². The van der Waals surface area contributed by atoms with Crippen molar-refractivity contribution in [3.8, 4) is 0 Å². The summed E-state index contributed by atoms with van der Waals surface area (Å²) < 4.78 is 6.87. The van der Waals surface area contributed by atoms with Gasteiger partial charge in [-0.15, -0.1) is 0 Å². The first-order valence-corrected chi connectivity index (χ1v) is 18.3. The molecule has 0 nitrogen and oxygen atoms in total. The van der Waals surface area contributed by atoms with Crippen molar-refractivity contribution >= 4 is 18.4 Å². The van der Waals surface area contributed by atoms with Crippen LogP contribution in [0.1, 0.15) is 105 Å². The third kappa shape index (κ3) is 12.0. The van der Waals surface area contributed by atoms with E-state index >= 15 is 0 Å². The standard InChI is InChI=1S/2C6H13.2C4H9.Sn/c2*1-3-5-6-4-2;2*1-3-4-2;/h2*1,3-6H2,2H3;2*1,3-4H2,2H3;. The Kier molecular flexibility index (Phi) is 16.3. The van der Waals surface area contributed by atoms with Crippen LogP contribution in [-0.2, 0) is 0 Å². The fraction of sp³-hybridized carbons (Fsp3) is 1.00. The van der Waals surface area contributed by atoms with Gasteiger partial charge < -0.3 is 0 Å². The quantitative estimate of drug-likeness (QED) is 0.180. The van der Waals surface area contributed by atoms with E-state index in [4.69, 9.17) is 0 Å². The molecule has 0 aromatic rings. The predicted molar refractivity (Wildman–Crippen MR) is 103 cm³/mol. The summed E-state index contributed by atoms with van der Waals surface area (Å²) in [7, 11) is 0. The first-order valence-electron chi connectivity index (χ1n) is 10.2. The van der Waals surface area contributed by atoms with E-state index in [0.717, 1.165) is 0 Å². The molecule has 21 heavy (non-hydrogen) atoms. The Morgan fingerprint density at radius 2 is 0.714 bits per heavy atom. The summed E-state index contributed by atoms with van der Waals surface area (Å²) in [5.74, 6) is 0. The molecular formula is C20H44Sn. The molecule has 0 aliphatic rings. The van der Waals surface area contributed by atoms with Gasteiger partial charge in [-0.25, -0.2) is 0 Å². The van der Waals surface area contributed by atoms with E-state index < -0.39 is 18.4 Å². The summed E-state index contributed by atoms with van der Waals surface area (Å²) in [5, 5.41) is 0. The van der Waals surface area contributed by atoms with Gasteiger partial charge in [-0.1, -0.05) is 0 Å². The van der Waals surface area contributed by atoms with Gasteiger partial charge in [0.05, 0.1) is 0 Å². The van der Waals surface area contributed by atoms with Crippen molar-refractivity contribution in [1.82, 2.24) is 0 Å². The van der Waals surface area contributed by atoms with Crippen LogP contribution in [0.5, 0.6) is 0 Å². The molecule has 0 saturated heterocycles. The molecule has 0 atom stereocenters. The van der Waals surface area contributed by atoms with Crippen LogP contribution in [0.25, 0.3) is 0 Å². The van der Waals surface area contributed by atoms with Crippen molar-refractivity contribution in [3.05, 3.63) is 0 Å². The minimum atomic E-state index is -1.78. The second-order valence-electron chi connectivity index (χ2n) is 7.33. The molecule has 1 heteroatoms. The Morgan fingerprint density at radius 3 is 1.05 bits per heavy atom. The molecule has 0 amide bonds. The maximum absolute atomic E-state index is 2.39. The fourth-order valence-corrected chi connectivity index (χ4v) is 20.0. The second kappa shape index (κ2) is 15.7. The number of hydrogen-bond acceptors (Lipinski definition) is 0. The van der Waals surface area contributed by atoms with Gasteiger partial charge in [-0.2, -0.15) is 0 Å². The van der Waals surface area contributed by atoms with Crippen molar-refractivity contribution in [2.45, 2.75) is 122 Å². The molecule has 0 bridgehead atoms. The molecule has 0 N–H and O–H groups in total.